The molecule has 0 aromatic rings. The fourth-order valence-corrected chi connectivity index (χ4v) is 1.91. The maximum Gasteiger partial charge on any atom is 0.509 e. The molecule has 0 rings (SSSR count). The summed E-state index contributed by atoms with van der Waals surface area (Å²) in [4.78, 5) is 11.6. The first-order chi connectivity index (χ1) is 7.67. The molecule has 0 N–H and O–H groups in total. The van der Waals surface area contributed by atoms with Gasteiger partial charge in [0.25, 0.3) is 0 Å². The van der Waals surface area contributed by atoms with Crippen LogP contribution in [0.4, 0.5) is 4.79 Å². The highest BCUT2D eigenvalue weighted by atomic mass is 16.7. The summed E-state index contributed by atoms with van der Waals surface area (Å²) < 4.78 is 10.6. The van der Waals surface area contributed by atoms with Gasteiger partial charge >= 0.3 is 6.16 Å². The van der Waals surface area contributed by atoms with Gasteiger partial charge in [-0.05, 0) is 39.0 Å². The minimum Gasteiger partial charge on any atom is -0.430 e. The molecule has 102 valence electrons. The third kappa shape index (κ3) is 7.24. The molecule has 17 heavy (non-hydrogen) atoms. The van der Waals surface area contributed by atoms with Crippen molar-refractivity contribution >= 4 is 6.16 Å². The molecule has 0 radical (unpaired) electrons. The molecule has 0 fully saturated rings. The molecule has 0 amide bonds. The van der Waals surface area contributed by atoms with Crippen LogP contribution in [0.3, 0.4) is 0 Å². The molecule has 0 aromatic heterocycles. The lowest BCUT2D eigenvalue weighted by Crippen LogP contribution is -2.33. The van der Waals surface area contributed by atoms with Crippen molar-refractivity contribution in [2.24, 2.45) is 11.8 Å². The van der Waals surface area contributed by atoms with Gasteiger partial charge in [0.05, 0.1) is 0 Å². The molecule has 0 bridgehead atoms. The zero-order chi connectivity index (χ0) is 13.6. The van der Waals surface area contributed by atoms with Crippen LogP contribution in [0.5, 0.6) is 0 Å². The Hall–Kier alpha value is -0.730. The molecule has 0 heterocycles. The number of ether oxygens (including phenoxy) is 2. The Morgan fingerprint density at radius 2 is 1.71 bits per heavy atom. The van der Waals surface area contributed by atoms with Gasteiger partial charge in [-0.2, -0.15) is 0 Å². The van der Waals surface area contributed by atoms with E-state index in [0.29, 0.717) is 11.8 Å². The molecule has 0 aliphatic carbocycles. The second-order valence-corrected chi connectivity index (χ2v) is 6.06. The van der Waals surface area contributed by atoms with Crippen LogP contribution in [0.15, 0.2) is 0 Å². The summed E-state index contributed by atoms with van der Waals surface area (Å²) in [5, 5.41) is 0. The summed E-state index contributed by atoms with van der Waals surface area (Å²) in [5.41, 5.74) is -0.493. The lowest BCUT2D eigenvalue weighted by atomic mass is 9.91. The number of carbonyl (C=O) groups is 1. The van der Waals surface area contributed by atoms with E-state index in [1.165, 1.54) is 0 Å². The highest BCUT2D eigenvalue weighted by molar-refractivity contribution is 5.60. The minimum atomic E-state index is -0.556. The van der Waals surface area contributed by atoms with Gasteiger partial charge < -0.3 is 9.47 Å². The fourth-order valence-electron chi connectivity index (χ4n) is 1.91. The van der Waals surface area contributed by atoms with Crippen molar-refractivity contribution in [1.29, 1.82) is 0 Å². The average molecular weight is 244 g/mol. The van der Waals surface area contributed by atoms with Crippen molar-refractivity contribution < 1.29 is 14.3 Å². The Morgan fingerprint density at radius 1 is 1.18 bits per heavy atom. The summed E-state index contributed by atoms with van der Waals surface area (Å²) in [7, 11) is 0. The lowest BCUT2D eigenvalue weighted by molar-refractivity contribution is -0.0505. The van der Waals surface area contributed by atoms with E-state index >= 15 is 0 Å². The topological polar surface area (TPSA) is 35.5 Å². The van der Waals surface area contributed by atoms with Crippen LogP contribution in [-0.4, -0.2) is 17.9 Å². The van der Waals surface area contributed by atoms with Crippen LogP contribution >= 0.6 is 0 Å². The van der Waals surface area contributed by atoms with Crippen molar-refractivity contribution in [3.8, 4) is 0 Å². The number of carbonyl (C=O) groups excluding carboxylic acids is 1. The largest absolute Gasteiger partial charge is 0.509 e. The predicted octanol–water partition coefficient (Wildman–Crippen LogP) is 4.40. The quantitative estimate of drug-likeness (QED) is 0.672. The Labute approximate surface area is 106 Å². The third-order valence-corrected chi connectivity index (χ3v) is 2.58. The van der Waals surface area contributed by atoms with Gasteiger partial charge in [-0.25, -0.2) is 4.79 Å². The smallest absolute Gasteiger partial charge is 0.430 e. The van der Waals surface area contributed by atoms with Gasteiger partial charge in [-0.1, -0.05) is 34.1 Å². The Kier molecular flexibility index (Phi) is 6.58. The Bertz CT molecular complexity index is 228. The molecule has 0 saturated heterocycles. The predicted molar refractivity (Wildman–Crippen MR) is 70.0 cm³/mol. The molecule has 3 heteroatoms. The Balaban J connectivity index is 4.40. The number of hydrogen-bond donors (Lipinski definition) is 0. The highest BCUT2D eigenvalue weighted by Crippen LogP contribution is 2.22. The second kappa shape index (κ2) is 6.87. The van der Waals surface area contributed by atoms with Crippen molar-refractivity contribution in [2.45, 2.75) is 73.0 Å². The van der Waals surface area contributed by atoms with Gasteiger partial charge in [-0.3, -0.25) is 0 Å². The normalized spacial score (nSPS) is 15.5. The molecule has 0 aliphatic rings. The summed E-state index contributed by atoms with van der Waals surface area (Å²) in [6.07, 6.45) is 1.54. The van der Waals surface area contributed by atoms with E-state index in [1.807, 2.05) is 20.8 Å². The van der Waals surface area contributed by atoms with Crippen LogP contribution in [0.1, 0.15) is 61.3 Å². The standard InChI is InChI=1S/C14H28O3/c1-8-9-11(4)12(10(2)3)16-13(15)17-14(5,6)7/h10-12H,8-9H2,1-7H3. The van der Waals surface area contributed by atoms with E-state index in [2.05, 4.69) is 27.7 Å². The van der Waals surface area contributed by atoms with Crippen molar-refractivity contribution in [3.63, 3.8) is 0 Å². The van der Waals surface area contributed by atoms with Crippen molar-refractivity contribution in [1.82, 2.24) is 0 Å². The maximum absolute atomic E-state index is 11.6. The van der Waals surface area contributed by atoms with Gasteiger partial charge in [-0.15, -0.1) is 0 Å². The molecule has 0 aromatic carbocycles. The molecular formula is C14H28O3. The lowest BCUT2D eigenvalue weighted by Gasteiger charge is -2.28. The maximum atomic E-state index is 11.6. The summed E-state index contributed by atoms with van der Waals surface area (Å²) >= 11 is 0. The second-order valence-electron chi connectivity index (χ2n) is 6.06. The van der Waals surface area contributed by atoms with E-state index < -0.39 is 11.8 Å². The van der Waals surface area contributed by atoms with Crippen LogP contribution in [-0.2, 0) is 9.47 Å². The van der Waals surface area contributed by atoms with E-state index in [0.717, 1.165) is 12.8 Å². The number of rotatable bonds is 5. The molecule has 2 atom stereocenters. The van der Waals surface area contributed by atoms with Crippen LogP contribution < -0.4 is 0 Å². The summed E-state index contributed by atoms with van der Waals surface area (Å²) in [6, 6.07) is 0. The SMILES string of the molecule is CCCC(C)C(OC(=O)OC(C)(C)C)C(C)C. The van der Waals surface area contributed by atoms with Crippen LogP contribution in [0, 0.1) is 11.8 Å². The van der Waals surface area contributed by atoms with E-state index in [1.54, 1.807) is 0 Å². The zero-order valence-electron chi connectivity index (χ0n) is 12.4. The molecule has 0 spiro atoms. The minimum absolute atomic E-state index is 0.0650. The average Bonchev–Trinajstić information content (AvgIpc) is 2.11. The van der Waals surface area contributed by atoms with Crippen molar-refractivity contribution in [3.05, 3.63) is 0 Å². The van der Waals surface area contributed by atoms with Crippen LogP contribution in [0.25, 0.3) is 0 Å². The molecule has 2 unspecified atom stereocenters. The number of hydrogen-bond acceptors (Lipinski definition) is 3. The van der Waals surface area contributed by atoms with Gasteiger partial charge in [0, 0.05) is 0 Å². The van der Waals surface area contributed by atoms with Crippen molar-refractivity contribution in [2.75, 3.05) is 0 Å². The van der Waals surface area contributed by atoms with Gasteiger partial charge in [0.1, 0.15) is 11.7 Å². The highest BCUT2D eigenvalue weighted by Gasteiger charge is 2.27. The molecule has 3 nitrogen and oxygen atoms in total. The van der Waals surface area contributed by atoms with E-state index in [4.69, 9.17) is 9.47 Å². The van der Waals surface area contributed by atoms with E-state index in [-0.39, 0.29) is 6.10 Å². The third-order valence-electron chi connectivity index (χ3n) is 2.58. The first-order valence-electron chi connectivity index (χ1n) is 6.57. The zero-order valence-corrected chi connectivity index (χ0v) is 12.4. The summed E-state index contributed by atoms with van der Waals surface area (Å²) in [6.45, 7) is 13.9. The molecule has 0 saturated carbocycles. The molecular weight excluding hydrogens is 216 g/mol. The first kappa shape index (κ1) is 16.3. The first-order valence-corrected chi connectivity index (χ1v) is 6.57. The van der Waals surface area contributed by atoms with E-state index in [9.17, 15) is 4.79 Å². The van der Waals surface area contributed by atoms with Crippen LogP contribution in [0.2, 0.25) is 0 Å². The summed E-state index contributed by atoms with van der Waals surface area (Å²) in [5.74, 6) is 0.677. The monoisotopic (exact) mass is 244 g/mol. The fraction of sp³-hybridized carbons (Fsp3) is 0.929. The van der Waals surface area contributed by atoms with Gasteiger partial charge in [0.15, 0.2) is 0 Å². The Morgan fingerprint density at radius 3 is 2.06 bits per heavy atom. The molecule has 0 aliphatic heterocycles. The van der Waals surface area contributed by atoms with Gasteiger partial charge in [0.2, 0.25) is 0 Å².